The van der Waals surface area contributed by atoms with Crippen molar-refractivity contribution >= 4 is 33.2 Å². The number of carbonyl (C=O) groups is 1. The van der Waals surface area contributed by atoms with Gasteiger partial charge in [0.1, 0.15) is 0 Å². The molecule has 0 radical (unpaired) electrons. The van der Waals surface area contributed by atoms with E-state index >= 15 is 0 Å². The van der Waals surface area contributed by atoms with E-state index in [1.807, 2.05) is 13.8 Å². The van der Waals surface area contributed by atoms with E-state index in [1.165, 1.54) is 18.2 Å². The summed E-state index contributed by atoms with van der Waals surface area (Å²) in [4.78, 5) is 11.7. The second-order valence-electron chi connectivity index (χ2n) is 5.22. The minimum atomic E-state index is -3.84. The molecule has 0 saturated carbocycles. The molecule has 0 saturated heterocycles. The normalized spacial score (nSPS) is 12.2. The number of rotatable bonds is 5. The number of hydrogen-bond acceptors (Lipinski definition) is 4. The Balaban J connectivity index is 2.85. The smallest absolute Gasteiger partial charge is 0.238 e. The molecule has 1 rings (SSSR count). The average molecular weight is 320 g/mol. The van der Waals surface area contributed by atoms with Gasteiger partial charge in [0.15, 0.2) is 0 Å². The Kier molecular flexibility index (Phi) is 5.15. The van der Waals surface area contributed by atoms with Crippen LogP contribution >= 0.6 is 11.6 Å². The predicted octanol–water partition coefficient (Wildman–Crippen LogP) is 1.44. The van der Waals surface area contributed by atoms with Crippen LogP contribution in [0.3, 0.4) is 0 Å². The zero-order chi connectivity index (χ0) is 15.6. The van der Waals surface area contributed by atoms with Gasteiger partial charge < -0.3 is 11.1 Å². The molecule has 0 fully saturated rings. The van der Waals surface area contributed by atoms with E-state index in [1.54, 1.807) is 0 Å². The molecule has 0 bridgehead atoms. The Hall–Kier alpha value is -1.15. The number of primary sulfonamides is 1. The van der Waals surface area contributed by atoms with Crippen LogP contribution in [0.5, 0.6) is 0 Å². The number of sulfonamides is 1. The van der Waals surface area contributed by atoms with Crippen molar-refractivity contribution in [2.24, 2.45) is 10.9 Å². The van der Waals surface area contributed by atoms with Gasteiger partial charge in [-0.25, -0.2) is 13.6 Å². The SMILES string of the molecule is CC(C)(N)CCC(=O)Nc1cc(S(N)(=O)=O)ccc1Cl. The van der Waals surface area contributed by atoms with Crippen LogP contribution in [-0.2, 0) is 14.8 Å². The van der Waals surface area contributed by atoms with Crippen LogP contribution in [0.2, 0.25) is 5.02 Å². The summed E-state index contributed by atoms with van der Waals surface area (Å²) in [5, 5.41) is 7.81. The molecule has 0 aliphatic carbocycles. The molecule has 8 heteroatoms. The van der Waals surface area contributed by atoms with Crippen LogP contribution in [0.1, 0.15) is 26.7 Å². The number of nitrogens with two attached hydrogens (primary N) is 2. The molecular formula is C12H18ClN3O3S. The number of carbonyl (C=O) groups excluding carboxylic acids is 1. The van der Waals surface area contributed by atoms with Crippen LogP contribution < -0.4 is 16.2 Å². The highest BCUT2D eigenvalue weighted by Crippen LogP contribution is 2.25. The van der Waals surface area contributed by atoms with Crippen molar-refractivity contribution in [2.75, 3.05) is 5.32 Å². The highest BCUT2D eigenvalue weighted by molar-refractivity contribution is 7.89. The van der Waals surface area contributed by atoms with E-state index in [0.29, 0.717) is 6.42 Å². The van der Waals surface area contributed by atoms with E-state index in [9.17, 15) is 13.2 Å². The van der Waals surface area contributed by atoms with Crippen LogP contribution in [0, 0.1) is 0 Å². The molecule has 0 atom stereocenters. The standard InChI is InChI=1S/C12H18ClN3O3S/c1-12(2,14)6-5-11(17)16-10-7-8(20(15,18)19)3-4-9(10)13/h3-4,7H,5-6,14H2,1-2H3,(H,16,17)(H2,15,18,19). The van der Waals surface area contributed by atoms with Gasteiger partial charge in [0.25, 0.3) is 0 Å². The fourth-order valence-electron chi connectivity index (χ4n) is 1.43. The first-order valence-electron chi connectivity index (χ1n) is 5.90. The van der Waals surface area contributed by atoms with Crippen LogP contribution in [-0.4, -0.2) is 19.9 Å². The zero-order valence-electron chi connectivity index (χ0n) is 11.3. The fourth-order valence-corrected chi connectivity index (χ4v) is 2.13. The van der Waals surface area contributed by atoms with Gasteiger partial charge in [-0.2, -0.15) is 0 Å². The minimum Gasteiger partial charge on any atom is -0.326 e. The zero-order valence-corrected chi connectivity index (χ0v) is 12.9. The van der Waals surface area contributed by atoms with E-state index in [0.717, 1.165) is 0 Å². The molecule has 0 spiro atoms. The maximum atomic E-state index is 11.8. The van der Waals surface area contributed by atoms with Gasteiger partial charge in [0, 0.05) is 12.0 Å². The number of benzene rings is 1. The quantitative estimate of drug-likeness (QED) is 0.761. The summed E-state index contributed by atoms with van der Waals surface area (Å²) in [5.74, 6) is -0.294. The maximum absolute atomic E-state index is 11.8. The molecule has 0 aliphatic rings. The lowest BCUT2D eigenvalue weighted by Gasteiger charge is -2.17. The molecule has 1 aromatic carbocycles. The van der Waals surface area contributed by atoms with Gasteiger partial charge in [0.05, 0.1) is 15.6 Å². The Morgan fingerprint density at radius 2 is 2.00 bits per heavy atom. The molecule has 5 N–H and O–H groups in total. The number of nitrogens with one attached hydrogen (secondary N) is 1. The molecule has 20 heavy (non-hydrogen) atoms. The van der Waals surface area contributed by atoms with Crippen molar-refractivity contribution in [3.8, 4) is 0 Å². The largest absolute Gasteiger partial charge is 0.326 e. The number of halogens is 1. The number of anilines is 1. The molecule has 1 aromatic rings. The van der Waals surface area contributed by atoms with E-state index in [2.05, 4.69) is 5.32 Å². The third kappa shape index (κ3) is 5.46. The lowest BCUT2D eigenvalue weighted by molar-refractivity contribution is -0.116. The Morgan fingerprint density at radius 1 is 1.40 bits per heavy atom. The highest BCUT2D eigenvalue weighted by atomic mass is 35.5. The molecule has 0 heterocycles. The average Bonchev–Trinajstić information content (AvgIpc) is 2.27. The Labute approximate surface area is 123 Å². The van der Waals surface area contributed by atoms with Gasteiger partial charge in [-0.3, -0.25) is 4.79 Å². The molecule has 0 unspecified atom stereocenters. The Morgan fingerprint density at radius 3 is 2.50 bits per heavy atom. The Bertz CT molecular complexity index is 609. The van der Waals surface area contributed by atoms with Crippen molar-refractivity contribution in [1.29, 1.82) is 0 Å². The van der Waals surface area contributed by atoms with Gasteiger partial charge in [-0.05, 0) is 38.5 Å². The molecular weight excluding hydrogens is 302 g/mol. The first-order chi connectivity index (χ1) is 8.99. The summed E-state index contributed by atoms with van der Waals surface area (Å²) in [6.45, 7) is 3.63. The topological polar surface area (TPSA) is 115 Å². The van der Waals surface area contributed by atoms with Crippen molar-refractivity contribution in [2.45, 2.75) is 37.1 Å². The predicted molar refractivity (Wildman–Crippen MR) is 79.0 cm³/mol. The first kappa shape index (κ1) is 16.9. The van der Waals surface area contributed by atoms with Crippen LogP contribution in [0.25, 0.3) is 0 Å². The summed E-state index contributed by atoms with van der Waals surface area (Å²) in [6, 6.07) is 3.86. The number of amides is 1. The van der Waals surface area contributed by atoms with Gasteiger partial charge >= 0.3 is 0 Å². The van der Waals surface area contributed by atoms with Crippen LogP contribution in [0.15, 0.2) is 23.1 Å². The van der Waals surface area contributed by atoms with E-state index in [4.69, 9.17) is 22.5 Å². The second-order valence-corrected chi connectivity index (χ2v) is 7.19. The van der Waals surface area contributed by atoms with Gasteiger partial charge in [-0.15, -0.1) is 0 Å². The van der Waals surface area contributed by atoms with E-state index in [-0.39, 0.29) is 27.9 Å². The lowest BCUT2D eigenvalue weighted by atomic mass is 10.00. The molecule has 6 nitrogen and oxygen atoms in total. The van der Waals surface area contributed by atoms with Gasteiger partial charge in [-0.1, -0.05) is 11.6 Å². The maximum Gasteiger partial charge on any atom is 0.238 e. The van der Waals surface area contributed by atoms with Gasteiger partial charge in [0.2, 0.25) is 15.9 Å². The summed E-state index contributed by atoms with van der Waals surface area (Å²) < 4.78 is 22.5. The molecule has 1 amide bonds. The molecule has 112 valence electrons. The van der Waals surface area contributed by atoms with E-state index < -0.39 is 15.6 Å². The summed E-state index contributed by atoms with van der Waals surface area (Å²) in [5.41, 5.74) is 5.54. The monoisotopic (exact) mass is 319 g/mol. The highest BCUT2D eigenvalue weighted by Gasteiger charge is 2.15. The fraction of sp³-hybridized carbons (Fsp3) is 0.417. The lowest BCUT2D eigenvalue weighted by Crippen LogP contribution is -2.33. The second kappa shape index (κ2) is 6.09. The van der Waals surface area contributed by atoms with Crippen molar-refractivity contribution in [3.63, 3.8) is 0 Å². The molecule has 0 aromatic heterocycles. The summed E-state index contributed by atoms with van der Waals surface area (Å²) >= 11 is 5.91. The van der Waals surface area contributed by atoms with Crippen LogP contribution in [0.4, 0.5) is 5.69 Å². The van der Waals surface area contributed by atoms with Crippen molar-refractivity contribution < 1.29 is 13.2 Å². The summed E-state index contributed by atoms with van der Waals surface area (Å²) in [7, 11) is -3.84. The third-order valence-electron chi connectivity index (χ3n) is 2.54. The minimum absolute atomic E-state index is 0.114. The first-order valence-corrected chi connectivity index (χ1v) is 7.82. The third-order valence-corrected chi connectivity index (χ3v) is 3.78. The molecule has 0 aliphatic heterocycles. The van der Waals surface area contributed by atoms with Crippen molar-refractivity contribution in [3.05, 3.63) is 23.2 Å². The summed E-state index contributed by atoms with van der Waals surface area (Å²) in [6.07, 6.45) is 0.699. The van der Waals surface area contributed by atoms with Crippen molar-refractivity contribution in [1.82, 2.24) is 0 Å². The number of hydrogen-bond donors (Lipinski definition) is 3.